The maximum Gasteiger partial charge on any atom is 0.331 e. The number of esters is 1. The van der Waals surface area contributed by atoms with Crippen LogP contribution in [0.1, 0.15) is 22.5 Å². The number of carbonyl (C=O) groups is 2. The first-order valence-electron chi connectivity index (χ1n) is 7.73. The number of rotatable bonds is 6. The van der Waals surface area contributed by atoms with Gasteiger partial charge in [-0.1, -0.05) is 29.8 Å². The average molecular weight is 362 g/mol. The van der Waals surface area contributed by atoms with Crippen LogP contribution in [0.5, 0.6) is 0 Å². The van der Waals surface area contributed by atoms with Gasteiger partial charge in [-0.25, -0.2) is 4.79 Å². The van der Waals surface area contributed by atoms with Crippen LogP contribution < -0.4 is 5.32 Å². The van der Waals surface area contributed by atoms with E-state index in [9.17, 15) is 9.59 Å². The topological polar surface area (TPSA) is 73.2 Å². The number of aryl methyl sites for hydroxylation is 2. The summed E-state index contributed by atoms with van der Waals surface area (Å²) in [6.45, 7) is 3.70. The third-order valence-corrected chi connectivity index (χ3v) is 4.10. The Labute approximate surface area is 151 Å². The number of ether oxygens (including phenoxy) is 1. The van der Waals surface area contributed by atoms with Crippen LogP contribution in [0.3, 0.4) is 0 Å². The van der Waals surface area contributed by atoms with Crippen molar-refractivity contribution in [1.82, 2.24) is 15.1 Å². The van der Waals surface area contributed by atoms with Gasteiger partial charge in [-0.3, -0.25) is 9.48 Å². The summed E-state index contributed by atoms with van der Waals surface area (Å²) in [6, 6.07) is 7.21. The van der Waals surface area contributed by atoms with Crippen LogP contribution in [0.25, 0.3) is 6.08 Å². The standard InChI is InChI=1S/C18H20ClN3O3/c1-12-15(13(2)22(3)21-12)8-9-18(24)25-11-17(23)20-10-14-6-4-5-7-16(14)19/h4-9H,10-11H2,1-3H3,(H,20,23)/b9-8+. The number of halogens is 1. The molecule has 0 radical (unpaired) electrons. The van der Waals surface area contributed by atoms with Gasteiger partial charge in [0.2, 0.25) is 0 Å². The van der Waals surface area contributed by atoms with Crippen LogP contribution in [-0.2, 0) is 27.9 Å². The second-order valence-corrected chi connectivity index (χ2v) is 5.92. The number of aromatic nitrogens is 2. The molecule has 0 aliphatic rings. The summed E-state index contributed by atoms with van der Waals surface area (Å²) in [7, 11) is 1.83. The van der Waals surface area contributed by atoms with E-state index in [1.54, 1.807) is 16.8 Å². The molecule has 0 aliphatic carbocycles. The van der Waals surface area contributed by atoms with Gasteiger partial charge in [0.15, 0.2) is 6.61 Å². The van der Waals surface area contributed by atoms with Gasteiger partial charge < -0.3 is 10.1 Å². The van der Waals surface area contributed by atoms with Gasteiger partial charge in [0.05, 0.1) is 5.69 Å². The monoisotopic (exact) mass is 361 g/mol. The fourth-order valence-electron chi connectivity index (χ4n) is 2.25. The maximum atomic E-state index is 11.7. The molecule has 1 aromatic carbocycles. The third-order valence-electron chi connectivity index (χ3n) is 3.73. The molecule has 0 aliphatic heterocycles. The quantitative estimate of drug-likeness (QED) is 0.634. The maximum absolute atomic E-state index is 11.7. The molecule has 0 unspecified atom stereocenters. The van der Waals surface area contributed by atoms with Crippen molar-refractivity contribution >= 4 is 29.6 Å². The van der Waals surface area contributed by atoms with E-state index in [1.807, 2.05) is 39.1 Å². The van der Waals surface area contributed by atoms with Crippen LogP contribution in [0.2, 0.25) is 5.02 Å². The Hall–Kier alpha value is -2.60. The van der Waals surface area contributed by atoms with Crippen molar-refractivity contribution < 1.29 is 14.3 Å². The molecule has 2 rings (SSSR count). The van der Waals surface area contributed by atoms with Gasteiger partial charge in [-0.2, -0.15) is 5.10 Å². The molecule has 1 amide bonds. The molecule has 2 aromatic rings. The highest BCUT2D eigenvalue weighted by molar-refractivity contribution is 6.31. The fourth-order valence-corrected chi connectivity index (χ4v) is 2.46. The average Bonchev–Trinajstić information content (AvgIpc) is 2.82. The van der Waals surface area contributed by atoms with Crippen LogP contribution in [0, 0.1) is 13.8 Å². The summed E-state index contributed by atoms with van der Waals surface area (Å²) in [6.07, 6.45) is 2.93. The van der Waals surface area contributed by atoms with Gasteiger partial charge in [0, 0.05) is 35.9 Å². The lowest BCUT2D eigenvalue weighted by Gasteiger charge is -2.06. The highest BCUT2D eigenvalue weighted by Gasteiger charge is 2.09. The van der Waals surface area contributed by atoms with Crippen LogP contribution in [0.15, 0.2) is 30.3 Å². The molecule has 0 atom stereocenters. The van der Waals surface area contributed by atoms with Crippen molar-refractivity contribution in [3.63, 3.8) is 0 Å². The smallest absolute Gasteiger partial charge is 0.331 e. The van der Waals surface area contributed by atoms with Crippen LogP contribution in [-0.4, -0.2) is 28.3 Å². The summed E-state index contributed by atoms with van der Waals surface area (Å²) in [4.78, 5) is 23.5. The number of carbonyl (C=O) groups excluding carboxylic acids is 2. The minimum atomic E-state index is -0.587. The fraction of sp³-hybridized carbons (Fsp3) is 0.278. The van der Waals surface area contributed by atoms with Crippen molar-refractivity contribution in [2.75, 3.05) is 6.61 Å². The molecule has 1 N–H and O–H groups in total. The van der Waals surface area contributed by atoms with E-state index in [2.05, 4.69) is 10.4 Å². The first kappa shape index (κ1) is 18.7. The number of nitrogens with zero attached hydrogens (tertiary/aromatic N) is 2. The Morgan fingerprint density at radius 1 is 1.32 bits per heavy atom. The van der Waals surface area contributed by atoms with E-state index in [0.717, 1.165) is 22.5 Å². The van der Waals surface area contributed by atoms with Crippen molar-refractivity contribution in [3.8, 4) is 0 Å². The Balaban J connectivity index is 1.80. The molecule has 132 valence electrons. The van der Waals surface area contributed by atoms with Crippen LogP contribution >= 0.6 is 11.6 Å². The van der Waals surface area contributed by atoms with Gasteiger partial charge in [-0.15, -0.1) is 0 Å². The van der Waals surface area contributed by atoms with E-state index in [4.69, 9.17) is 16.3 Å². The molecule has 25 heavy (non-hydrogen) atoms. The van der Waals surface area contributed by atoms with E-state index in [1.165, 1.54) is 6.08 Å². The molecule has 0 fully saturated rings. The molecular formula is C18H20ClN3O3. The summed E-state index contributed by atoms with van der Waals surface area (Å²) in [5.74, 6) is -0.981. The van der Waals surface area contributed by atoms with Crippen molar-refractivity contribution in [3.05, 3.63) is 57.9 Å². The van der Waals surface area contributed by atoms with Gasteiger partial charge in [0.1, 0.15) is 0 Å². The van der Waals surface area contributed by atoms with E-state index >= 15 is 0 Å². The normalized spacial score (nSPS) is 10.9. The Morgan fingerprint density at radius 2 is 2.04 bits per heavy atom. The lowest BCUT2D eigenvalue weighted by Crippen LogP contribution is -2.28. The SMILES string of the molecule is Cc1nn(C)c(C)c1/C=C/C(=O)OCC(=O)NCc1ccccc1Cl. The number of amides is 1. The van der Waals surface area contributed by atoms with Gasteiger partial charge in [0.25, 0.3) is 5.91 Å². The minimum absolute atomic E-state index is 0.278. The van der Waals surface area contributed by atoms with Crippen molar-refractivity contribution in [1.29, 1.82) is 0 Å². The highest BCUT2D eigenvalue weighted by Crippen LogP contribution is 2.14. The zero-order chi connectivity index (χ0) is 18.4. The van der Waals surface area contributed by atoms with Crippen molar-refractivity contribution in [2.24, 2.45) is 7.05 Å². The summed E-state index contributed by atoms with van der Waals surface area (Å²) < 4.78 is 6.67. The number of benzene rings is 1. The molecule has 0 saturated heterocycles. The third kappa shape index (κ3) is 5.19. The molecule has 0 saturated carbocycles. The summed E-state index contributed by atoms with van der Waals surface area (Å²) in [5.41, 5.74) is 3.43. The zero-order valence-corrected chi connectivity index (χ0v) is 15.1. The molecule has 1 aromatic heterocycles. The molecular weight excluding hydrogens is 342 g/mol. The molecule has 0 bridgehead atoms. The number of nitrogens with one attached hydrogen (secondary N) is 1. The zero-order valence-electron chi connectivity index (χ0n) is 14.4. The highest BCUT2D eigenvalue weighted by atomic mass is 35.5. The minimum Gasteiger partial charge on any atom is -0.452 e. The van der Waals surface area contributed by atoms with Crippen molar-refractivity contribution in [2.45, 2.75) is 20.4 Å². The largest absolute Gasteiger partial charge is 0.452 e. The van der Waals surface area contributed by atoms with Crippen LogP contribution in [0.4, 0.5) is 0 Å². The number of hydrogen-bond acceptors (Lipinski definition) is 4. The van der Waals surface area contributed by atoms with E-state index in [0.29, 0.717) is 5.02 Å². The lowest BCUT2D eigenvalue weighted by molar-refractivity contribution is -0.143. The molecule has 6 nitrogen and oxygen atoms in total. The second-order valence-electron chi connectivity index (χ2n) is 5.52. The second kappa shape index (κ2) is 8.48. The first-order chi connectivity index (χ1) is 11.9. The predicted octanol–water partition coefficient (Wildman–Crippen LogP) is 2.56. The predicted molar refractivity (Wildman–Crippen MR) is 96.0 cm³/mol. The molecule has 7 heteroatoms. The lowest BCUT2D eigenvalue weighted by atomic mass is 10.2. The summed E-state index contributed by atoms with van der Waals surface area (Å²) >= 11 is 6.01. The van der Waals surface area contributed by atoms with Gasteiger partial charge >= 0.3 is 5.97 Å². The Kier molecular flexibility index (Phi) is 6.36. The first-order valence-corrected chi connectivity index (χ1v) is 8.11. The Morgan fingerprint density at radius 3 is 2.68 bits per heavy atom. The Bertz CT molecular complexity index is 812. The van der Waals surface area contributed by atoms with E-state index < -0.39 is 11.9 Å². The summed E-state index contributed by atoms with van der Waals surface area (Å²) in [5, 5.41) is 7.49. The van der Waals surface area contributed by atoms with E-state index in [-0.39, 0.29) is 13.2 Å². The van der Waals surface area contributed by atoms with Gasteiger partial charge in [-0.05, 0) is 31.6 Å². The molecule has 0 spiro atoms. The molecule has 1 heterocycles. The number of hydrogen-bond donors (Lipinski definition) is 1.